The first-order chi connectivity index (χ1) is 12.3. The van der Waals surface area contributed by atoms with Gasteiger partial charge < -0.3 is 20.2 Å². The van der Waals surface area contributed by atoms with Gasteiger partial charge in [0.25, 0.3) is 0 Å². The van der Waals surface area contributed by atoms with Crippen LogP contribution >= 0.6 is 7.82 Å². The van der Waals surface area contributed by atoms with Gasteiger partial charge in [0.15, 0.2) is 0 Å². The normalized spacial score (nSPS) is 14.2. The number of unbranched alkanes of at least 4 members (excludes halogenated alkanes) is 10. The van der Waals surface area contributed by atoms with E-state index in [1.807, 2.05) is 0 Å². The fraction of sp³-hybridized carbons (Fsp3) is 0.944. The lowest BCUT2D eigenvalue weighted by Crippen LogP contribution is -2.45. The largest absolute Gasteiger partial charge is 0.469 e. The molecule has 8 heteroatoms. The van der Waals surface area contributed by atoms with Gasteiger partial charge in [0.1, 0.15) is 0 Å². The molecule has 0 aromatic heterocycles. The molecule has 0 rings (SSSR count). The Labute approximate surface area is 158 Å². The SMILES string of the molecule is CCCCCCCCCCCCC[C@@H](O)[C@H](COP(=O)(O)O)NC(C)=O. The Morgan fingerprint density at radius 2 is 1.42 bits per heavy atom. The van der Waals surface area contributed by atoms with Crippen molar-refractivity contribution in [3.63, 3.8) is 0 Å². The maximum atomic E-state index is 11.2. The third-order valence-electron chi connectivity index (χ3n) is 4.38. The predicted octanol–water partition coefficient (Wildman–Crippen LogP) is 3.66. The van der Waals surface area contributed by atoms with Gasteiger partial charge in [0.05, 0.1) is 18.8 Å². The van der Waals surface area contributed by atoms with Crippen LogP contribution in [0.5, 0.6) is 0 Å². The van der Waals surface area contributed by atoms with E-state index in [1.54, 1.807) is 0 Å². The van der Waals surface area contributed by atoms with Crippen molar-refractivity contribution in [1.82, 2.24) is 5.32 Å². The van der Waals surface area contributed by atoms with Crippen LogP contribution in [-0.2, 0) is 13.9 Å². The Morgan fingerprint density at radius 3 is 1.85 bits per heavy atom. The monoisotopic (exact) mass is 395 g/mol. The molecule has 0 bridgehead atoms. The molecule has 0 fully saturated rings. The number of carbonyl (C=O) groups is 1. The summed E-state index contributed by atoms with van der Waals surface area (Å²) in [5, 5.41) is 12.6. The summed E-state index contributed by atoms with van der Waals surface area (Å²) in [7, 11) is -4.62. The Morgan fingerprint density at radius 1 is 0.962 bits per heavy atom. The van der Waals surface area contributed by atoms with Crippen LogP contribution in [0.15, 0.2) is 0 Å². The van der Waals surface area contributed by atoms with Crippen molar-refractivity contribution in [2.45, 2.75) is 103 Å². The second-order valence-electron chi connectivity index (χ2n) is 6.98. The lowest BCUT2D eigenvalue weighted by Gasteiger charge is -2.23. The number of carbonyl (C=O) groups excluding carboxylic acids is 1. The molecule has 2 atom stereocenters. The Hall–Kier alpha value is -0.460. The Kier molecular flexibility index (Phi) is 15.3. The highest BCUT2D eigenvalue weighted by Crippen LogP contribution is 2.35. The second kappa shape index (κ2) is 15.6. The summed E-state index contributed by atoms with van der Waals surface area (Å²) in [6.45, 7) is 3.10. The van der Waals surface area contributed by atoms with Gasteiger partial charge in [0.2, 0.25) is 5.91 Å². The first-order valence-corrected chi connectivity index (χ1v) is 11.4. The smallest absolute Gasteiger partial charge is 0.391 e. The minimum Gasteiger partial charge on any atom is -0.391 e. The minimum absolute atomic E-state index is 0.373. The zero-order valence-electron chi connectivity index (χ0n) is 16.4. The molecular weight excluding hydrogens is 357 g/mol. The fourth-order valence-electron chi connectivity index (χ4n) is 2.91. The van der Waals surface area contributed by atoms with E-state index >= 15 is 0 Å². The van der Waals surface area contributed by atoms with Gasteiger partial charge in [-0.15, -0.1) is 0 Å². The quantitative estimate of drug-likeness (QED) is 0.221. The van der Waals surface area contributed by atoms with E-state index in [9.17, 15) is 14.5 Å². The number of hydrogen-bond donors (Lipinski definition) is 4. The van der Waals surface area contributed by atoms with Gasteiger partial charge in [-0.3, -0.25) is 9.32 Å². The van der Waals surface area contributed by atoms with E-state index in [4.69, 9.17) is 9.79 Å². The highest BCUT2D eigenvalue weighted by molar-refractivity contribution is 7.46. The van der Waals surface area contributed by atoms with E-state index in [1.165, 1.54) is 58.3 Å². The first kappa shape index (κ1) is 25.5. The molecule has 0 aromatic rings. The molecule has 156 valence electrons. The Balaban J connectivity index is 3.79. The van der Waals surface area contributed by atoms with Crippen LogP contribution in [0.4, 0.5) is 0 Å². The van der Waals surface area contributed by atoms with Crippen molar-refractivity contribution in [2.75, 3.05) is 6.61 Å². The highest BCUT2D eigenvalue weighted by Gasteiger charge is 2.24. The van der Waals surface area contributed by atoms with Crippen LogP contribution < -0.4 is 5.32 Å². The molecule has 0 aliphatic rings. The van der Waals surface area contributed by atoms with Crippen molar-refractivity contribution < 1.29 is 28.8 Å². The van der Waals surface area contributed by atoms with Gasteiger partial charge >= 0.3 is 7.82 Å². The summed E-state index contributed by atoms with van der Waals surface area (Å²) in [6, 6.07) is -0.816. The molecule has 0 spiro atoms. The standard InChI is InChI=1S/C18H38NO6P/c1-3-4-5-6-7-8-9-10-11-12-13-14-18(21)17(19-16(2)20)15-25-26(22,23)24/h17-18,21H,3-15H2,1-2H3,(H,19,20)(H2,22,23,24)/t17-,18+/m0/s1. The number of aliphatic hydroxyl groups is 1. The van der Waals surface area contributed by atoms with E-state index in [0.717, 1.165) is 19.3 Å². The second-order valence-corrected chi connectivity index (χ2v) is 8.22. The molecule has 0 aliphatic heterocycles. The number of aliphatic hydroxyl groups excluding tert-OH is 1. The highest BCUT2D eigenvalue weighted by atomic mass is 31.2. The average molecular weight is 395 g/mol. The summed E-state index contributed by atoms with van der Waals surface area (Å²) in [6.07, 6.45) is 12.8. The molecule has 4 N–H and O–H groups in total. The van der Waals surface area contributed by atoms with Gasteiger partial charge in [-0.1, -0.05) is 77.6 Å². The minimum atomic E-state index is -4.62. The molecule has 0 radical (unpaired) electrons. The third kappa shape index (κ3) is 17.0. The summed E-state index contributed by atoms with van der Waals surface area (Å²) in [5.74, 6) is -0.373. The number of hydrogen-bond acceptors (Lipinski definition) is 4. The number of amides is 1. The van der Waals surface area contributed by atoms with Gasteiger partial charge in [-0.2, -0.15) is 0 Å². The van der Waals surface area contributed by atoms with E-state index in [-0.39, 0.29) is 5.91 Å². The van der Waals surface area contributed by atoms with Gasteiger partial charge in [-0.05, 0) is 6.42 Å². The van der Waals surface area contributed by atoms with Crippen LogP contribution in [-0.4, -0.2) is 39.6 Å². The van der Waals surface area contributed by atoms with Crippen molar-refractivity contribution in [3.8, 4) is 0 Å². The predicted molar refractivity (Wildman–Crippen MR) is 103 cm³/mol. The summed E-state index contributed by atoms with van der Waals surface area (Å²) < 4.78 is 15.2. The topological polar surface area (TPSA) is 116 Å². The van der Waals surface area contributed by atoms with Crippen LogP contribution in [0.3, 0.4) is 0 Å². The van der Waals surface area contributed by atoms with Crippen LogP contribution in [0.1, 0.15) is 90.9 Å². The number of phosphoric acid groups is 1. The number of nitrogens with one attached hydrogen (secondary N) is 1. The Bertz CT molecular complexity index is 401. The lowest BCUT2D eigenvalue weighted by molar-refractivity contribution is -0.121. The maximum Gasteiger partial charge on any atom is 0.469 e. The van der Waals surface area contributed by atoms with E-state index < -0.39 is 26.6 Å². The number of rotatable bonds is 17. The molecule has 0 saturated carbocycles. The van der Waals surface area contributed by atoms with E-state index in [0.29, 0.717) is 6.42 Å². The lowest BCUT2D eigenvalue weighted by atomic mass is 10.0. The maximum absolute atomic E-state index is 11.2. The molecule has 26 heavy (non-hydrogen) atoms. The van der Waals surface area contributed by atoms with Gasteiger partial charge in [-0.25, -0.2) is 4.57 Å². The molecule has 0 unspecified atom stereocenters. The van der Waals surface area contributed by atoms with E-state index in [2.05, 4.69) is 16.8 Å². The van der Waals surface area contributed by atoms with Crippen molar-refractivity contribution in [2.24, 2.45) is 0 Å². The van der Waals surface area contributed by atoms with Crippen molar-refractivity contribution >= 4 is 13.7 Å². The third-order valence-corrected chi connectivity index (χ3v) is 4.86. The average Bonchev–Trinajstić information content (AvgIpc) is 2.55. The summed E-state index contributed by atoms with van der Waals surface area (Å²) >= 11 is 0. The summed E-state index contributed by atoms with van der Waals surface area (Å²) in [4.78, 5) is 28.7. The molecule has 0 heterocycles. The van der Waals surface area contributed by atoms with Crippen LogP contribution in [0.2, 0.25) is 0 Å². The number of phosphoric ester groups is 1. The first-order valence-electron chi connectivity index (χ1n) is 9.91. The molecule has 0 saturated heterocycles. The fourth-order valence-corrected chi connectivity index (χ4v) is 3.26. The zero-order chi connectivity index (χ0) is 19.8. The molecule has 1 amide bonds. The van der Waals surface area contributed by atoms with Crippen molar-refractivity contribution in [1.29, 1.82) is 0 Å². The summed E-state index contributed by atoms with van der Waals surface area (Å²) in [5.41, 5.74) is 0. The van der Waals surface area contributed by atoms with Crippen LogP contribution in [0.25, 0.3) is 0 Å². The van der Waals surface area contributed by atoms with Gasteiger partial charge in [0, 0.05) is 6.92 Å². The molecule has 0 aromatic carbocycles. The van der Waals surface area contributed by atoms with Crippen LogP contribution in [0, 0.1) is 0 Å². The molecular formula is C18H38NO6P. The molecule has 0 aliphatic carbocycles. The zero-order valence-corrected chi connectivity index (χ0v) is 17.3. The van der Waals surface area contributed by atoms with Crippen molar-refractivity contribution in [3.05, 3.63) is 0 Å². The molecule has 7 nitrogen and oxygen atoms in total.